The van der Waals surface area contributed by atoms with E-state index in [2.05, 4.69) is 34.6 Å². The molecule has 0 fully saturated rings. The maximum absolute atomic E-state index is 4.13. The summed E-state index contributed by atoms with van der Waals surface area (Å²) in [5, 5.41) is 3.51. The molecule has 1 heterocycles. The van der Waals surface area contributed by atoms with Gasteiger partial charge in [0.05, 0.1) is 0 Å². The average Bonchev–Trinajstić information content (AvgIpc) is 2.92. The summed E-state index contributed by atoms with van der Waals surface area (Å²) in [6.07, 6.45) is 8.66. The van der Waals surface area contributed by atoms with Gasteiger partial charge in [0.2, 0.25) is 0 Å². The first-order valence-corrected chi connectivity index (χ1v) is 7.12. The normalized spacial score (nSPS) is 13.5. The highest BCUT2D eigenvalue weighted by Gasteiger charge is 2.10. The first-order valence-electron chi connectivity index (χ1n) is 7.12. The number of nitrogens with one attached hydrogen (secondary N) is 1. The molecule has 2 heteroatoms. The Labute approximate surface area is 114 Å². The van der Waals surface area contributed by atoms with E-state index in [0.29, 0.717) is 0 Å². The second kappa shape index (κ2) is 5.98. The van der Waals surface area contributed by atoms with Crippen LogP contribution in [0.5, 0.6) is 0 Å². The lowest BCUT2D eigenvalue weighted by Gasteiger charge is -2.07. The van der Waals surface area contributed by atoms with Crippen molar-refractivity contribution in [3.05, 3.63) is 65.0 Å². The average molecular weight is 252 g/mol. The fourth-order valence-electron chi connectivity index (χ4n) is 2.75. The zero-order valence-corrected chi connectivity index (χ0v) is 11.2. The molecule has 0 radical (unpaired) electrons. The Balaban J connectivity index is 1.48. The molecule has 0 saturated heterocycles. The van der Waals surface area contributed by atoms with E-state index in [0.717, 1.165) is 19.5 Å². The zero-order chi connectivity index (χ0) is 12.9. The second-order valence-corrected chi connectivity index (χ2v) is 5.24. The van der Waals surface area contributed by atoms with Crippen LogP contribution in [0.25, 0.3) is 0 Å². The second-order valence-electron chi connectivity index (χ2n) is 5.24. The van der Waals surface area contributed by atoms with Crippen molar-refractivity contribution < 1.29 is 0 Å². The van der Waals surface area contributed by atoms with Crippen molar-refractivity contribution in [2.75, 3.05) is 6.54 Å². The summed E-state index contributed by atoms with van der Waals surface area (Å²) in [6.45, 7) is 1.97. The van der Waals surface area contributed by atoms with Gasteiger partial charge in [-0.15, -0.1) is 0 Å². The van der Waals surface area contributed by atoms with Gasteiger partial charge >= 0.3 is 0 Å². The van der Waals surface area contributed by atoms with Crippen molar-refractivity contribution in [3.63, 3.8) is 0 Å². The summed E-state index contributed by atoms with van der Waals surface area (Å²) in [4.78, 5) is 4.13. The van der Waals surface area contributed by atoms with Crippen molar-refractivity contribution in [3.8, 4) is 0 Å². The molecule has 1 N–H and O–H groups in total. The highest BCUT2D eigenvalue weighted by molar-refractivity contribution is 5.35. The molecule has 0 unspecified atom stereocenters. The number of rotatable bonds is 5. The van der Waals surface area contributed by atoms with Gasteiger partial charge in [-0.1, -0.05) is 24.3 Å². The molecule has 2 aromatic rings. The van der Waals surface area contributed by atoms with Gasteiger partial charge in [0.15, 0.2) is 0 Å². The Kier molecular flexibility index (Phi) is 3.89. The molecule has 1 aromatic heterocycles. The lowest BCUT2D eigenvalue weighted by molar-refractivity contribution is 0.685. The maximum Gasteiger partial charge on any atom is 0.0300 e. The number of benzene rings is 1. The number of aryl methyl sites for hydroxylation is 2. The van der Waals surface area contributed by atoms with Crippen molar-refractivity contribution in [2.45, 2.75) is 32.2 Å². The first-order chi connectivity index (χ1) is 9.42. The molecule has 0 aliphatic heterocycles. The summed E-state index contributed by atoms with van der Waals surface area (Å²) in [6, 6.07) is 11.1. The number of aromatic nitrogens is 1. The molecule has 1 aliphatic rings. The minimum atomic E-state index is 0.966. The zero-order valence-electron chi connectivity index (χ0n) is 11.2. The van der Waals surface area contributed by atoms with Crippen LogP contribution in [0.4, 0.5) is 0 Å². The Morgan fingerprint density at radius 2 is 2.00 bits per heavy atom. The predicted molar refractivity (Wildman–Crippen MR) is 78.1 cm³/mol. The van der Waals surface area contributed by atoms with E-state index in [9.17, 15) is 0 Å². The van der Waals surface area contributed by atoms with E-state index < -0.39 is 0 Å². The molecule has 0 amide bonds. The van der Waals surface area contributed by atoms with E-state index in [4.69, 9.17) is 0 Å². The van der Waals surface area contributed by atoms with Gasteiger partial charge in [0.25, 0.3) is 0 Å². The van der Waals surface area contributed by atoms with Gasteiger partial charge in [-0.05, 0) is 60.5 Å². The number of hydrogen-bond acceptors (Lipinski definition) is 2. The van der Waals surface area contributed by atoms with Crippen molar-refractivity contribution >= 4 is 0 Å². The molecular formula is C17H20N2. The standard InChI is InChI=1S/C17H20N2/c1-4-16-7-6-15(11-17(16)5-1)13-19-10-8-14-3-2-9-18-12-14/h2-3,6-7,9,11-12,19H,1,4-5,8,10,13H2. The third-order valence-electron chi connectivity index (χ3n) is 3.81. The van der Waals surface area contributed by atoms with E-state index in [1.54, 1.807) is 11.1 Å². The van der Waals surface area contributed by atoms with Crippen LogP contribution >= 0.6 is 0 Å². The van der Waals surface area contributed by atoms with Crippen LogP contribution in [0.2, 0.25) is 0 Å². The lowest BCUT2D eigenvalue weighted by atomic mass is 10.1. The molecule has 98 valence electrons. The summed E-state index contributed by atoms with van der Waals surface area (Å²) in [5.41, 5.74) is 5.82. The molecule has 19 heavy (non-hydrogen) atoms. The van der Waals surface area contributed by atoms with Gasteiger partial charge in [-0.2, -0.15) is 0 Å². The van der Waals surface area contributed by atoms with Crippen molar-refractivity contribution in [2.24, 2.45) is 0 Å². The maximum atomic E-state index is 4.13. The van der Waals surface area contributed by atoms with Crippen LogP contribution in [0.1, 0.15) is 28.7 Å². The predicted octanol–water partition coefficient (Wildman–Crippen LogP) is 2.90. The van der Waals surface area contributed by atoms with Crippen molar-refractivity contribution in [1.82, 2.24) is 10.3 Å². The Morgan fingerprint density at radius 3 is 2.89 bits per heavy atom. The van der Waals surface area contributed by atoms with Gasteiger partial charge in [-0.3, -0.25) is 4.98 Å². The van der Waals surface area contributed by atoms with Gasteiger partial charge in [0, 0.05) is 18.9 Å². The summed E-state index contributed by atoms with van der Waals surface area (Å²) < 4.78 is 0. The Hall–Kier alpha value is -1.67. The highest BCUT2D eigenvalue weighted by atomic mass is 14.8. The van der Waals surface area contributed by atoms with Crippen LogP contribution in [-0.2, 0) is 25.8 Å². The minimum Gasteiger partial charge on any atom is -0.312 e. The molecule has 0 spiro atoms. The van der Waals surface area contributed by atoms with Crippen LogP contribution in [0.15, 0.2) is 42.7 Å². The largest absolute Gasteiger partial charge is 0.312 e. The van der Waals surface area contributed by atoms with Gasteiger partial charge in [-0.25, -0.2) is 0 Å². The number of pyridine rings is 1. The first kappa shape index (κ1) is 12.4. The van der Waals surface area contributed by atoms with E-state index in [1.165, 1.54) is 30.4 Å². The van der Waals surface area contributed by atoms with E-state index >= 15 is 0 Å². The smallest absolute Gasteiger partial charge is 0.0300 e. The number of hydrogen-bond donors (Lipinski definition) is 1. The molecule has 2 nitrogen and oxygen atoms in total. The molecule has 3 rings (SSSR count). The SMILES string of the molecule is c1cncc(CCNCc2ccc3c(c2)CCC3)c1. The lowest BCUT2D eigenvalue weighted by Crippen LogP contribution is -2.16. The van der Waals surface area contributed by atoms with Crippen LogP contribution in [-0.4, -0.2) is 11.5 Å². The van der Waals surface area contributed by atoms with E-state index in [1.807, 2.05) is 18.5 Å². The fraction of sp³-hybridized carbons (Fsp3) is 0.353. The van der Waals surface area contributed by atoms with Gasteiger partial charge < -0.3 is 5.32 Å². The van der Waals surface area contributed by atoms with Gasteiger partial charge in [0.1, 0.15) is 0 Å². The third kappa shape index (κ3) is 3.21. The summed E-state index contributed by atoms with van der Waals surface area (Å²) in [7, 11) is 0. The topological polar surface area (TPSA) is 24.9 Å². The summed E-state index contributed by atoms with van der Waals surface area (Å²) in [5.74, 6) is 0. The number of fused-ring (bicyclic) bond motifs is 1. The quantitative estimate of drug-likeness (QED) is 0.828. The minimum absolute atomic E-state index is 0.966. The molecule has 1 aliphatic carbocycles. The monoisotopic (exact) mass is 252 g/mol. The number of nitrogens with zero attached hydrogens (tertiary/aromatic N) is 1. The Morgan fingerprint density at radius 1 is 1.05 bits per heavy atom. The molecular weight excluding hydrogens is 232 g/mol. The van der Waals surface area contributed by atoms with Crippen LogP contribution in [0, 0.1) is 0 Å². The third-order valence-corrected chi connectivity index (χ3v) is 3.81. The molecule has 0 bridgehead atoms. The summed E-state index contributed by atoms with van der Waals surface area (Å²) >= 11 is 0. The van der Waals surface area contributed by atoms with Crippen LogP contribution in [0.3, 0.4) is 0 Å². The molecule has 1 aromatic carbocycles. The fourth-order valence-corrected chi connectivity index (χ4v) is 2.75. The van der Waals surface area contributed by atoms with Crippen LogP contribution < -0.4 is 5.32 Å². The van der Waals surface area contributed by atoms with E-state index in [-0.39, 0.29) is 0 Å². The Bertz CT molecular complexity index is 534. The van der Waals surface area contributed by atoms with Crippen molar-refractivity contribution in [1.29, 1.82) is 0 Å². The highest BCUT2D eigenvalue weighted by Crippen LogP contribution is 2.22. The molecule has 0 atom stereocenters. The molecule has 0 saturated carbocycles.